The minimum absolute atomic E-state index is 0.154. The quantitative estimate of drug-likeness (QED) is 0.777. The van der Waals surface area contributed by atoms with Crippen molar-refractivity contribution in [1.29, 1.82) is 5.26 Å². The molecule has 0 radical (unpaired) electrons. The Morgan fingerprint density at radius 3 is 2.61 bits per heavy atom. The minimum atomic E-state index is -0.317. The number of carbonyl (C=O) groups is 1. The second kappa shape index (κ2) is 4.91. The molecule has 0 aliphatic carbocycles. The van der Waals surface area contributed by atoms with E-state index < -0.39 is 0 Å². The van der Waals surface area contributed by atoms with Crippen LogP contribution in [0.3, 0.4) is 0 Å². The maximum Gasteiger partial charge on any atom is 0.274 e. The molecule has 0 spiro atoms. The third-order valence-corrected chi connectivity index (χ3v) is 3.48. The second-order valence-electron chi connectivity index (χ2n) is 4.71. The van der Waals surface area contributed by atoms with E-state index in [2.05, 4.69) is 16.3 Å². The minimum Gasteiger partial charge on any atom is -0.337 e. The van der Waals surface area contributed by atoms with E-state index in [1.165, 1.54) is 0 Å². The molecule has 1 saturated heterocycles. The van der Waals surface area contributed by atoms with Crippen LogP contribution >= 0.6 is 11.6 Å². The van der Waals surface area contributed by atoms with Crippen LogP contribution in [0.1, 0.15) is 30.3 Å². The molecule has 1 aromatic heterocycles. The number of likely N-dealkylation sites (tertiary alicyclic amines) is 1. The van der Waals surface area contributed by atoms with Crippen LogP contribution in [-0.2, 0) is 0 Å². The predicted molar refractivity (Wildman–Crippen MR) is 65.9 cm³/mol. The van der Waals surface area contributed by atoms with E-state index in [1.54, 1.807) is 17.0 Å². The van der Waals surface area contributed by atoms with Gasteiger partial charge in [-0.05, 0) is 31.9 Å². The molecule has 0 unspecified atom stereocenters. The van der Waals surface area contributed by atoms with E-state index in [0.29, 0.717) is 31.6 Å². The van der Waals surface area contributed by atoms with Crippen molar-refractivity contribution in [1.82, 2.24) is 15.1 Å². The standard InChI is InChI=1S/C12H13ClN4O/c1-12(8-14)4-6-17(7-5-12)11(18)9-2-3-10(13)16-15-9/h2-3H,4-7H2,1H3. The van der Waals surface area contributed by atoms with Crippen LogP contribution < -0.4 is 0 Å². The van der Waals surface area contributed by atoms with Gasteiger partial charge in [-0.2, -0.15) is 5.26 Å². The van der Waals surface area contributed by atoms with Gasteiger partial charge in [0.25, 0.3) is 5.91 Å². The molecule has 18 heavy (non-hydrogen) atoms. The fourth-order valence-electron chi connectivity index (χ4n) is 1.91. The Kier molecular flexibility index (Phi) is 3.48. The molecule has 0 N–H and O–H groups in total. The smallest absolute Gasteiger partial charge is 0.274 e. The third-order valence-electron chi connectivity index (χ3n) is 3.28. The zero-order valence-corrected chi connectivity index (χ0v) is 10.8. The normalized spacial score (nSPS) is 18.2. The second-order valence-corrected chi connectivity index (χ2v) is 5.09. The summed E-state index contributed by atoms with van der Waals surface area (Å²) in [6, 6.07) is 5.42. The zero-order valence-electron chi connectivity index (χ0n) is 10.1. The first kappa shape index (κ1) is 12.8. The number of carbonyl (C=O) groups excluding carboxylic acids is 1. The Bertz CT molecular complexity index is 486. The van der Waals surface area contributed by atoms with Crippen molar-refractivity contribution < 1.29 is 4.79 Å². The van der Waals surface area contributed by atoms with E-state index >= 15 is 0 Å². The molecule has 0 atom stereocenters. The number of nitriles is 1. The van der Waals surface area contributed by atoms with Crippen molar-refractivity contribution in [2.24, 2.45) is 5.41 Å². The summed E-state index contributed by atoms with van der Waals surface area (Å²) in [7, 11) is 0. The lowest BCUT2D eigenvalue weighted by Gasteiger charge is -2.34. The van der Waals surface area contributed by atoms with Crippen LogP contribution in [0.2, 0.25) is 5.15 Å². The maximum atomic E-state index is 12.1. The number of amides is 1. The molecule has 0 saturated carbocycles. The van der Waals surface area contributed by atoms with Crippen molar-refractivity contribution in [2.45, 2.75) is 19.8 Å². The van der Waals surface area contributed by atoms with Crippen molar-refractivity contribution in [3.05, 3.63) is 23.0 Å². The largest absolute Gasteiger partial charge is 0.337 e. The van der Waals surface area contributed by atoms with Gasteiger partial charge in [-0.1, -0.05) is 11.6 Å². The number of halogens is 1. The summed E-state index contributed by atoms with van der Waals surface area (Å²) in [6.45, 7) is 3.08. The average Bonchev–Trinajstić information content (AvgIpc) is 2.40. The highest BCUT2D eigenvalue weighted by atomic mass is 35.5. The fourth-order valence-corrected chi connectivity index (χ4v) is 2.01. The van der Waals surface area contributed by atoms with E-state index in [0.717, 1.165) is 0 Å². The lowest BCUT2D eigenvalue weighted by molar-refractivity contribution is 0.0654. The molecule has 6 heteroatoms. The first-order valence-electron chi connectivity index (χ1n) is 5.74. The van der Waals surface area contributed by atoms with Gasteiger partial charge in [-0.25, -0.2) is 0 Å². The van der Waals surface area contributed by atoms with Crippen LogP contribution in [0.4, 0.5) is 0 Å². The van der Waals surface area contributed by atoms with Gasteiger partial charge in [0, 0.05) is 13.1 Å². The number of rotatable bonds is 1. The van der Waals surface area contributed by atoms with E-state index in [1.807, 2.05) is 6.92 Å². The molecule has 5 nitrogen and oxygen atoms in total. The van der Waals surface area contributed by atoms with Gasteiger partial charge >= 0.3 is 0 Å². The van der Waals surface area contributed by atoms with Crippen molar-refractivity contribution >= 4 is 17.5 Å². The van der Waals surface area contributed by atoms with Crippen molar-refractivity contribution in [3.63, 3.8) is 0 Å². The summed E-state index contributed by atoms with van der Waals surface area (Å²) in [5.41, 5.74) is -0.0254. The highest BCUT2D eigenvalue weighted by Gasteiger charge is 2.32. The van der Waals surface area contributed by atoms with Crippen LogP contribution in [0, 0.1) is 16.7 Å². The van der Waals surface area contributed by atoms with Crippen molar-refractivity contribution in [3.8, 4) is 6.07 Å². The Hall–Kier alpha value is -1.67. The lowest BCUT2D eigenvalue weighted by Crippen LogP contribution is -2.42. The van der Waals surface area contributed by atoms with Gasteiger partial charge in [0.15, 0.2) is 10.8 Å². The SMILES string of the molecule is CC1(C#N)CCN(C(=O)c2ccc(Cl)nn2)CC1. The van der Waals surface area contributed by atoms with Crippen LogP contribution in [-0.4, -0.2) is 34.1 Å². The van der Waals surface area contributed by atoms with Gasteiger partial charge in [0.1, 0.15) is 0 Å². The summed E-state index contributed by atoms with van der Waals surface area (Å²) in [5, 5.41) is 16.7. The topological polar surface area (TPSA) is 69.9 Å². The Balaban J connectivity index is 2.04. The summed E-state index contributed by atoms with van der Waals surface area (Å²) >= 11 is 5.62. The monoisotopic (exact) mass is 264 g/mol. The van der Waals surface area contributed by atoms with Gasteiger partial charge < -0.3 is 4.90 Å². The third kappa shape index (κ3) is 2.59. The molecule has 2 rings (SSSR count). The number of hydrogen-bond acceptors (Lipinski definition) is 4. The Labute approximate surface area is 110 Å². The molecule has 1 amide bonds. The highest BCUT2D eigenvalue weighted by molar-refractivity contribution is 6.29. The van der Waals surface area contributed by atoms with Gasteiger partial charge in [-0.15, -0.1) is 10.2 Å². The molecule has 1 aliphatic rings. The van der Waals surface area contributed by atoms with E-state index in [9.17, 15) is 4.79 Å². The van der Waals surface area contributed by atoms with Gasteiger partial charge in [0.2, 0.25) is 0 Å². The first-order chi connectivity index (χ1) is 8.54. The number of aromatic nitrogens is 2. The van der Waals surface area contributed by atoms with Crippen molar-refractivity contribution in [2.75, 3.05) is 13.1 Å². The Morgan fingerprint density at radius 2 is 2.11 bits per heavy atom. The van der Waals surface area contributed by atoms with Gasteiger partial charge in [-0.3, -0.25) is 4.79 Å². The highest BCUT2D eigenvalue weighted by Crippen LogP contribution is 2.30. The summed E-state index contributed by atoms with van der Waals surface area (Å²) in [4.78, 5) is 13.8. The number of piperidine rings is 1. The van der Waals surface area contributed by atoms with Crippen LogP contribution in [0.5, 0.6) is 0 Å². The number of hydrogen-bond donors (Lipinski definition) is 0. The van der Waals surface area contributed by atoms with Crippen LogP contribution in [0.25, 0.3) is 0 Å². The molecule has 1 aromatic rings. The summed E-state index contributed by atoms with van der Waals surface area (Å²) in [6.07, 6.45) is 1.38. The molecule has 0 aromatic carbocycles. The predicted octanol–water partition coefficient (Wildman–Crippen LogP) is 1.90. The molecule has 0 bridgehead atoms. The Morgan fingerprint density at radius 1 is 1.44 bits per heavy atom. The summed E-state index contributed by atoms with van der Waals surface area (Å²) in [5.74, 6) is -0.154. The first-order valence-corrected chi connectivity index (χ1v) is 6.12. The van der Waals surface area contributed by atoms with E-state index in [-0.39, 0.29) is 16.5 Å². The zero-order chi connectivity index (χ0) is 13.2. The summed E-state index contributed by atoms with van der Waals surface area (Å²) < 4.78 is 0. The van der Waals surface area contributed by atoms with Crippen LogP contribution in [0.15, 0.2) is 12.1 Å². The van der Waals surface area contributed by atoms with Gasteiger partial charge in [0.05, 0.1) is 11.5 Å². The molecule has 1 aliphatic heterocycles. The fraction of sp³-hybridized carbons (Fsp3) is 0.500. The molecule has 1 fully saturated rings. The molecular formula is C12H13ClN4O. The van der Waals surface area contributed by atoms with E-state index in [4.69, 9.17) is 16.9 Å². The lowest BCUT2D eigenvalue weighted by atomic mass is 9.82. The molecule has 2 heterocycles. The average molecular weight is 265 g/mol. The maximum absolute atomic E-state index is 12.1. The molecular weight excluding hydrogens is 252 g/mol. The number of nitrogens with zero attached hydrogens (tertiary/aromatic N) is 4. The molecule has 94 valence electrons.